The lowest BCUT2D eigenvalue weighted by Gasteiger charge is -2.17. The van der Waals surface area contributed by atoms with E-state index >= 15 is 0 Å². The molecule has 1 amide bonds. The first-order valence-corrected chi connectivity index (χ1v) is 8.76. The van der Waals surface area contributed by atoms with Crippen LogP contribution in [0.1, 0.15) is 0 Å². The number of rotatable bonds is 3. The van der Waals surface area contributed by atoms with E-state index in [9.17, 15) is 17.6 Å². The molecule has 1 aliphatic heterocycles. The van der Waals surface area contributed by atoms with E-state index < -0.39 is 15.8 Å². The third kappa shape index (κ3) is 3.07. The molecule has 114 valence electrons. The number of sulfonamides is 1. The van der Waals surface area contributed by atoms with Gasteiger partial charge in [-0.25, -0.2) is 12.8 Å². The highest BCUT2D eigenvalue weighted by Gasteiger charge is 2.20. The molecule has 8 heteroatoms. The van der Waals surface area contributed by atoms with Crippen molar-refractivity contribution >= 4 is 39.1 Å². The Hall–Kier alpha value is -2.06. The first-order chi connectivity index (χ1) is 10.4. The van der Waals surface area contributed by atoms with Crippen molar-refractivity contribution < 1.29 is 17.6 Å². The normalized spacial score (nSPS) is 14.1. The summed E-state index contributed by atoms with van der Waals surface area (Å²) in [7, 11) is -3.86. The Morgan fingerprint density at radius 3 is 2.77 bits per heavy atom. The number of hydrogen-bond donors (Lipinski definition) is 2. The summed E-state index contributed by atoms with van der Waals surface area (Å²) in [5.41, 5.74) is 0.597. The smallest absolute Gasteiger partial charge is 0.261 e. The standard InChI is InChI=1S/C14H11FN2O3S2/c15-9-2-1-3-10(6-9)17-22(19,20)11-4-5-13-12(7-11)16-14(18)8-21-13/h1-7,17H,8H2,(H,16,18). The van der Waals surface area contributed by atoms with Gasteiger partial charge in [0, 0.05) is 4.90 Å². The van der Waals surface area contributed by atoms with Gasteiger partial charge in [0.1, 0.15) is 5.82 Å². The summed E-state index contributed by atoms with van der Waals surface area (Å²) in [4.78, 5) is 12.2. The molecular formula is C14H11FN2O3S2. The van der Waals surface area contributed by atoms with Crippen molar-refractivity contribution in [2.75, 3.05) is 15.8 Å². The van der Waals surface area contributed by atoms with Gasteiger partial charge in [-0.05, 0) is 36.4 Å². The van der Waals surface area contributed by atoms with E-state index in [1.54, 1.807) is 6.07 Å². The summed E-state index contributed by atoms with van der Waals surface area (Å²) in [5.74, 6) is -0.403. The van der Waals surface area contributed by atoms with Crippen LogP contribution in [0.15, 0.2) is 52.3 Å². The van der Waals surface area contributed by atoms with Crippen molar-refractivity contribution in [3.63, 3.8) is 0 Å². The Balaban J connectivity index is 1.92. The Morgan fingerprint density at radius 2 is 2.00 bits per heavy atom. The van der Waals surface area contributed by atoms with E-state index in [2.05, 4.69) is 10.0 Å². The summed E-state index contributed by atoms with van der Waals surface area (Å²) in [6, 6.07) is 9.66. The van der Waals surface area contributed by atoms with E-state index in [0.29, 0.717) is 11.4 Å². The molecule has 0 spiro atoms. The first-order valence-electron chi connectivity index (χ1n) is 6.29. The van der Waals surface area contributed by atoms with Crippen molar-refractivity contribution in [2.24, 2.45) is 0 Å². The highest BCUT2D eigenvalue weighted by molar-refractivity contribution is 8.00. The van der Waals surface area contributed by atoms with Crippen LogP contribution in [0.2, 0.25) is 0 Å². The Kier molecular flexibility index (Phi) is 3.79. The van der Waals surface area contributed by atoms with Crippen LogP contribution in [-0.2, 0) is 14.8 Å². The SMILES string of the molecule is O=C1CSc2ccc(S(=O)(=O)Nc3cccc(F)c3)cc2N1. The molecular weight excluding hydrogens is 327 g/mol. The zero-order valence-corrected chi connectivity index (χ0v) is 12.8. The van der Waals surface area contributed by atoms with Gasteiger partial charge in [0.05, 0.1) is 22.0 Å². The van der Waals surface area contributed by atoms with Crippen LogP contribution >= 0.6 is 11.8 Å². The van der Waals surface area contributed by atoms with Crippen molar-refractivity contribution in [3.8, 4) is 0 Å². The van der Waals surface area contributed by atoms with Gasteiger partial charge < -0.3 is 5.32 Å². The third-order valence-corrected chi connectivity index (χ3v) is 5.42. The molecule has 22 heavy (non-hydrogen) atoms. The fourth-order valence-electron chi connectivity index (χ4n) is 2.00. The number of fused-ring (bicyclic) bond motifs is 1. The summed E-state index contributed by atoms with van der Waals surface area (Å²) in [6.07, 6.45) is 0. The minimum atomic E-state index is -3.86. The number of thioether (sulfide) groups is 1. The van der Waals surface area contributed by atoms with Crippen LogP contribution < -0.4 is 10.0 Å². The number of anilines is 2. The molecule has 5 nitrogen and oxygen atoms in total. The third-order valence-electron chi connectivity index (χ3n) is 2.97. The molecule has 0 atom stereocenters. The summed E-state index contributed by atoms with van der Waals surface area (Å²) in [5, 5.41) is 2.63. The number of carbonyl (C=O) groups is 1. The van der Waals surface area contributed by atoms with Gasteiger partial charge in [-0.3, -0.25) is 9.52 Å². The van der Waals surface area contributed by atoms with Gasteiger partial charge in [-0.2, -0.15) is 0 Å². The summed E-state index contributed by atoms with van der Waals surface area (Å²) < 4.78 is 40.1. The predicted molar refractivity (Wildman–Crippen MR) is 83.0 cm³/mol. The van der Waals surface area contributed by atoms with Gasteiger partial charge in [0.2, 0.25) is 5.91 Å². The first kappa shape index (κ1) is 14.9. The molecule has 0 bridgehead atoms. The molecule has 0 saturated heterocycles. The summed E-state index contributed by atoms with van der Waals surface area (Å²) >= 11 is 1.35. The molecule has 2 aromatic rings. The second-order valence-corrected chi connectivity index (χ2v) is 7.31. The van der Waals surface area contributed by atoms with E-state index in [-0.39, 0.29) is 16.5 Å². The zero-order chi connectivity index (χ0) is 15.7. The van der Waals surface area contributed by atoms with Crippen LogP contribution in [0.25, 0.3) is 0 Å². The van der Waals surface area contributed by atoms with Gasteiger partial charge in [-0.1, -0.05) is 6.07 Å². The second kappa shape index (κ2) is 5.62. The number of carbonyl (C=O) groups excluding carboxylic acids is 1. The molecule has 0 aliphatic carbocycles. The topological polar surface area (TPSA) is 75.3 Å². The Morgan fingerprint density at radius 1 is 1.18 bits per heavy atom. The predicted octanol–water partition coefficient (Wildman–Crippen LogP) is 2.67. The molecule has 2 N–H and O–H groups in total. The lowest BCUT2D eigenvalue weighted by molar-refractivity contribution is -0.113. The lowest BCUT2D eigenvalue weighted by Crippen LogP contribution is -2.20. The van der Waals surface area contributed by atoms with Gasteiger partial charge in [-0.15, -0.1) is 11.8 Å². The zero-order valence-electron chi connectivity index (χ0n) is 11.2. The molecule has 2 aromatic carbocycles. The van der Waals surface area contributed by atoms with E-state index in [4.69, 9.17) is 0 Å². The fourth-order valence-corrected chi connectivity index (χ4v) is 3.86. The number of halogens is 1. The maximum absolute atomic E-state index is 13.1. The minimum absolute atomic E-state index is 0.00156. The van der Waals surface area contributed by atoms with Gasteiger partial charge >= 0.3 is 0 Å². The van der Waals surface area contributed by atoms with Crippen molar-refractivity contribution in [2.45, 2.75) is 9.79 Å². The molecule has 0 saturated carbocycles. The lowest BCUT2D eigenvalue weighted by atomic mass is 10.3. The second-order valence-electron chi connectivity index (χ2n) is 4.61. The monoisotopic (exact) mass is 338 g/mol. The van der Waals surface area contributed by atoms with E-state index in [1.807, 2.05) is 0 Å². The number of benzene rings is 2. The minimum Gasteiger partial charge on any atom is -0.324 e. The molecule has 0 radical (unpaired) electrons. The molecule has 0 fully saturated rings. The molecule has 0 unspecified atom stereocenters. The molecule has 3 rings (SSSR count). The molecule has 0 aromatic heterocycles. The largest absolute Gasteiger partial charge is 0.324 e. The average molecular weight is 338 g/mol. The Bertz CT molecular complexity index is 853. The maximum Gasteiger partial charge on any atom is 0.261 e. The van der Waals surface area contributed by atoms with Crippen LogP contribution in [0, 0.1) is 5.82 Å². The van der Waals surface area contributed by atoms with Crippen LogP contribution in [0.3, 0.4) is 0 Å². The summed E-state index contributed by atoms with van der Waals surface area (Å²) in [6.45, 7) is 0. The van der Waals surface area contributed by atoms with E-state index in [1.165, 1.54) is 42.1 Å². The van der Waals surface area contributed by atoms with Gasteiger partial charge in [0.15, 0.2) is 0 Å². The molecule has 1 heterocycles. The van der Waals surface area contributed by atoms with Crippen molar-refractivity contribution in [1.29, 1.82) is 0 Å². The van der Waals surface area contributed by atoms with Gasteiger partial charge in [0.25, 0.3) is 10.0 Å². The maximum atomic E-state index is 13.1. The number of nitrogens with one attached hydrogen (secondary N) is 2. The fraction of sp³-hybridized carbons (Fsp3) is 0.0714. The highest BCUT2D eigenvalue weighted by atomic mass is 32.2. The number of hydrogen-bond acceptors (Lipinski definition) is 4. The van der Waals surface area contributed by atoms with E-state index in [0.717, 1.165) is 11.0 Å². The Labute approximate surface area is 131 Å². The number of amides is 1. The average Bonchev–Trinajstić information content (AvgIpc) is 2.46. The van der Waals surface area contributed by atoms with Crippen LogP contribution in [0.5, 0.6) is 0 Å². The highest BCUT2D eigenvalue weighted by Crippen LogP contribution is 2.33. The van der Waals surface area contributed by atoms with Crippen molar-refractivity contribution in [1.82, 2.24) is 0 Å². The van der Waals surface area contributed by atoms with Crippen LogP contribution in [-0.4, -0.2) is 20.1 Å². The quantitative estimate of drug-likeness (QED) is 0.902. The molecule has 1 aliphatic rings. The van der Waals surface area contributed by atoms with Crippen LogP contribution in [0.4, 0.5) is 15.8 Å². The van der Waals surface area contributed by atoms with Crippen molar-refractivity contribution in [3.05, 3.63) is 48.3 Å².